The smallest absolute Gasteiger partial charge is 0.182 e. The second-order valence-electron chi connectivity index (χ2n) is 6.94. The molecular formula is C24H16Cl2N4. The summed E-state index contributed by atoms with van der Waals surface area (Å²) in [5.74, 6) is 0. The van der Waals surface area contributed by atoms with E-state index in [1.54, 1.807) is 0 Å². The highest BCUT2D eigenvalue weighted by Gasteiger charge is 2.19. The third-order valence-corrected chi connectivity index (χ3v) is 5.41. The third kappa shape index (κ3) is 3.34. The fraction of sp³-hybridized carbons (Fsp3) is 0.0417. The van der Waals surface area contributed by atoms with Gasteiger partial charge >= 0.3 is 0 Å². The molecule has 0 aliphatic heterocycles. The molecule has 2 heterocycles. The molecule has 0 amide bonds. The number of para-hydroxylation sites is 1. The molecular weight excluding hydrogens is 415 g/mol. The van der Waals surface area contributed by atoms with Crippen molar-refractivity contribution in [3.8, 4) is 28.2 Å². The van der Waals surface area contributed by atoms with Crippen molar-refractivity contribution in [3.63, 3.8) is 0 Å². The molecule has 0 unspecified atom stereocenters. The molecule has 0 N–H and O–H groups in total. The molecule has 6 heteroatoms. The molecule has 0 saturated heterocycles. The van der Waals surface area contributed by atoms with Crippen molar-refractivity contribution in [2.24, 2.45) is 0 Å². The van der Waals surface area contributed by atoms with Crippen molar-refractivity contribution in [3.05, 3.63) is 94.6 Å². The Hall–Kier alpha value is -3.21. The molecule has 0 aliphatic carbocycles. The number of aryl methyl sites for hydroxylation is 1. The van der Waals surface area contributed by atoms with Gasteiger partial charge in [-0.25, -0.2) is 14.6 Å². The summed E-state index contributed by atoms with van der Waals surface area (Å²) in [6.07, 6.45) is 0. The van der Waals surface area contributed by atoms with Crippen molar-refractivity contribution in [1.82, 2.24) is 19.7 Å². The average molecular weight is 431 g/mol. The summed E-state index contributed by atoms with van der Waals surface area (Å²) in [5, 5.41) is 6.05. The summed E-state index contributed by atoms with van der Waals surface area (Å²) < 4.78 is 1.84. The summed E-state index contributed by atoms with van der Waals surface area (Å²) in [5.41, 5.74) is 6.63. The first-order valence-electron chi connectivity index (χ1n) is 9.45. The number of nitrogens with zero attached hydrogens (tertiary/aromatic N) is 4. The van der Waals surface area contributed by atoms with E-state index in [0.717, 1.165) is 39.4 Å². The van der Waals surface area contributed by atoms with E-state index in [4.69, 9.17) is 38.3 Å². The minimum absolute atomic E-state index is 0.672. The van der Waals surface area contributed by atoms with E-state index in [0.29, 0.717) is 15.7 Å². The Morgan fingerprint density at radius 2 is 1.20 bits per heavy atom. The van der Waals surface area contributed by atoms with Crippen LogP contribution in [0.15, 0.2) is 78.9 Å². The van der Waals surface area contributed by atoms with Gasteiger partial charge in [-0.1, -0.05) is 65.7 Å². The fourth-order valence-electron chi connectivity index (χ4n) is 3.43. The molecule has 30 heavy (non-hydrogen) atoms. The van der Waals surface area contributed by atoms with E-state index >= 15 is 0 Å². The molecule has 0 spiro atoms. The molecule has 0 atom stereocenters. The Labute approximate surface area is 183 Å². The maximum absolute atomic E-state index is 6.11. The van der Waals surface area contributed by atoms with Gasteiger partial charge in [-0.05, 0) is 43.3 Å². The SMILES string of the molecule is Cc1nn(-c2ccccc2)c2nc(-c3ccc(Cl)cc3)c(-c3ccc(Cl)cc3)nc12. The molecule has 4 nitrogen and oxygen atoms in total. The van der Waals surface area contributed by atoms with Gasteiger partial charge in [0.1, 0.15) is 5.52 Å². The Morgan fingerprint density at radius 3 is 1.77 bits per heavy atom. The molecule has 0 radical (unpaired) electrons. The Kier molecular flexibility index (Phi) is 4.74. The zero-order valence-corrected chi connectivity index (χ0v) is 17.6. The minimum Gasteiger partial charge on any atom is -0.240 e. The second kappa shape index (κ2) is 7.56. The van der Waals surface area contributed by atoms with Crippen LogP contribution in [-0.2, 0) is 0 Å². The number of hydrogen-bond acceptors (Lipinski definition) is 3. The summed E-state index contributed by atoms with van der Waals surface area (Å²) in [6, 6.07) is 25.2. The summed E-state index contributed by atoms with van der Waals surface area (Å²) in [4.78, 5) is 10.0. The van der Waals surface area contributed by atoms with Gasteiger partial charge in [0.15, 0.2) is 5.65 Å². The predicted octanol–water partition coefficient (Wildman–Crippen LogP) is 6.76. The van der Waals surface area contributed by atoms with E-state index < -0.39 is 0 Å². The first kappa shape index (κ1) is 18.8. The number of rotatable bonds is 3. The molecule has 5 aromatic rings. The highest BCUT2D eigenvalue weighted by Crippen LogP contribution is 2.33. The molecule has 0 bridgehead atoms. The van der Waals surface area contributed by atoms with Crippen LogP contribution in [0.3, 0.4) is 0 Å². The van der Waals surface area contributed by atoms with Crippen LogP contribution < -0.4 is 0 Å². The standard InChI is InChI=1S/C24H16Cl2N4/c1-15-21-24(30(29-15)20-5-3-2-4-6-20)28-23(17-9-13-19(26)14-10-17)22(27-21)16-7-11-18(25)12-8-16/h2-14H,1H3. The average Bonchev–Trinajstić information content (AvgIpc) is 3.10. The van der Waals surface area contributed by atoms with Gasteiger partial charge in [0.05, 0.1) is 22.8 Å². The minimum atomic E-state index is 0.672. The number of hydrogen-bond donors (Lipinski definition) is 0. The molecule has 5 rings (SSSR count). The van der Waals surface area contributed by atoms with E-state index in [1.807, 2.05) is 90.5 Å². The monoisotopic (exact) mass is 430 g/mol. The van der Waals surface area contributed by atoms with Crippen LogP contribution in [-0.4, -0.2) is 19.7 Å². The van der Waals surface area contributed by atoms with Gasteiger partial charge in [-0.2, -0.15) is 5.10 Å². The third-order valence-electron chi connectivity index (χ3n) is 4.91. The highest BCUT2D eigenvalue weighted by atomic mass is 35.5. The molecule has 0 saturated carbocycles. The lowest BCUT2D eigenvalue weighted by molar-refractivity contribution is 0.878. The quantitative estimate of drug-likeness (QED) is 0.317. The van der Waals surface area contributed by atoms with Gasteiger partial charge in [-0.15, -0.1) is 0 Å². The van der Waals surface area contributed by atoms with E-state index in [-0.39, 0.29) is 0 Å². The zero-order chi connectivity index (χ0) is 20.7. The summed E-state index contributed by atoms with van der Waals surface area (Å²) in [7, 11) is 0. The number of benzene rings is 3. The van der Waals surface area contributed by atoms with Crippen molar-refractivity contribution in [2.45, 2.75) is 6.92 Å². The number of fused-ring (bicyclic) bond motifs is 1. The lowest BCUT2D eigenvalue weighted by Crippen LogP contribution is -2.00. The van der Waals surface area contributed by atoms with Crippen LogP contribution in [0.4, 0.5) is 0 Å². The van der Waals surface area contributed by atoms with Crippen LogP contribution >= 0.6 is 23.2 Å². The zero-order valence-electron chi connectivity index (χ0n) is 16.1. The van der Waals surface area contributed by atoms with E-state index in [1.165, 1.54) is 0 Å². The van der Waals surface area contributed by atoms with Gasteiger partial charge in [0.25, 0.3) is 0 Å². The van der Waals surface area contributed by atoms with Gasteiger partial charge < -0.3 is 0 Å². The molecule has 0 aliphatic rings. The summed E-state index contributed by atoms with van der Waals surface area (Å²) in [6.45, 7) is 1.95. The molecule has 2 aromatic heterocycles. The van der Waals surface area contributed by atoms with Crippen LogP contribution in [0.2, 0.25) is 10.0 Å². The van der Waals surface area contributed by atoms with Crippen molar-refractivity contribution >= 4 is 34.4 Å². The maximum atomic E-state index is 6.11. The normalized spacial score (nSPS) is 11.2. The van der Waals surface area contributed by atoms with Crippen molar-refractivity contribution in [2.75, 3.05) is 0 Å². The van der Waals surface area contributed by atoms with Gasteiger partial charge in [0, 0.05) is 21.2 Å². The first-order valence-corrected chi connectivity index (χ1v) is 10.2. The molecule has 3 aromatic carbocycles. The van der Waals surface area contributed by atoms with Crippen LogP contribution in [0.1, 0.15) is 5.69 Å². The largest absolute Gasteiger partial charge is 0.240 e. The second-order valence-corrected chi connectivity index (χ2v) is 7.81. The van der Waals surface area contributed by atoms with Crippen LogP contribution in [0.25, 0.3) is 39.4 Å². The lowest BCUT2D eigenvalue weighted by atomic mass is 10.0. The topological polar surface area (TPSA) is 43.6 Å². The molecule has 0 fully saturated rings. The predicted molar refractivity (Wildman–Crippen MR) is 122 cm³/mol. The number of aromatic nitrogens is 4. The van der Waals surface area contributed by atoms with E-state index in [2.05, 4.69) is 0 Å². The lowest BCUT2D eigenvalue weighted by Gasteiger charge is -2.10. The highest BCUT2D eigenvalue weighted by molar-refractivity contribution is 6.31. The molecule has 146 valence electrons. The van der Waals surface area contributed by atoms with Gasteiger partial charge in [0.2, 0.25) is 0 Å². The van der Waals surface area contributed by atoms with Crippen molar-refractivity contribution in [1.29, 1.82) is 0 Å². The summed E-state index contributed by atoms with van der Waals surface area (Å²) >= 11 is 12.2. The van der Waals surface area contributed by atoms with Crippen molar-refractivity contribution < 1.29 is 0 Å². The Bertz CT molecular complexity index is 1340. The Morgan fingerprint density at radius 1 is 0.667 bits per heavy atom. The fourth-order valence-corrected chi connectivity index (χ4v) is 3.68. The Balaban J connectivity index is 1.82. The number of halogens is 2. The first-order chi connectivity index (χ1) is 14.6. The van der Waals surface area contributed by atoms with Crippen LogP contribution in [0, 0.1) is 6.92 Å². The maximum Gasteiger partial charge on any atom is 0.182 e. The van der Waals surface area contributed by atoms with Crippen LogP contribution in [0.5, 0.6) is 0 Å². The van der Waals surface area contributed by atoms with Gasteiger partial charge in [-0.3, -0.25) is 0 Å². The van der Waals surface area contributed by atoms with E-state index in [9.17, 15) is 0 Å².